The first-order valence-electron chi connectivity index (χ1n) is 6.80. The van der Waals surface area contributed by atoms with E-state index in [0.717, 1.165) is 39.1 Å². The van der Waals surface area contributed by atoms with Gasteiger partial charge in [-0.3, -0.25) is 0 Å². The Morgan fingerprint density at radius 3 is 2.94 bits per heavy atom. The molecule has 4 heteroatoms. The maximum atomic E-state index is 12.0. The molecule has 0 spiro atoms. The number of hydrogen-bond donors (Lipinski definition) is 1. The molecule has 1 aliphatic heterocycles. The maximum Gasteiger partial charge on any atom is 0.317 e. The Kier molecular flexibility index (Phi) is 6.34. The van der Waals surface area contributed by atoms with E-state index >= 15 is 0 Å². The fraction of sp³-hybridized carbons (Fsp3) is 0.923. The molecule has 1 saturated heterocycles. The number of likely N-dealkylation sites (tertiary alicyclic amines) is 1. The Labute approximate surface area is 105 Å². The van der Waals surface area contributed by atoms with E-state index in [-0.39, 0.29) is 12.1 Å². The van der Waals surface area contributed by atoms with Gasteiger partial charge in [-0.25, -0.2) is 4.79 Å². The Hall–Kier alpha value is -0.770. The molecule has 1 rings (SSSR count). The molecule has 100 valence electrons. The molecule has 1 N–H and O–H groups in total. The number of carbonyl (C=O) groups is 1. The van der Waals surface area contributed by atoms with Gasteiger partial charge in [0.1, 0.15) is 0 Å². The number of ether oxygens (including phenoxy) is 1. The molecule has 0 aromatic carbocycles. The largest absolute Gasteiger partial charge is 0.381 e. The number of carbonyl (C=O) groups excluding carboxylic acids is 1. The van der Waals surface area contributed by atoms with E-state index < -0.39 is 0 Å². The van der Waals surface area contributed by atoms with Crippen LogP contribution in [-0.4, -0.2) is 43.3 Å². The fourth-order valence-electron chi connectivity index (χ4n) is 2.07. The highest BCUT2D eigenvalue weighted by Gasteiger charge is 2.24. The highest BCUT2D eigenvalue weighted by molar-refractivity contribution is 5.74. The SMILES string of the molecule is CCOCC1CCCN(C(=O)NC(C)CC)C1. The molecule has 0 aromatic heterocycles. The van der Waals surface area contributed by atoms with E-state index in [4.69, 9.17) is 4.74 Å². The summed E-state index contributed by atoms with van der Waals surface area (Å²) in [5.41, 5.74) is 0. The standard InChI is InChI=1S/C13H26N2O2/c1-4-11(3)14-13(16)15-8-6-7-12(9-15)10-17-5-2/h11-12H,4-10H2,1-3H3,(H,14,16). The molecular formula is C13H26N2O2. The van der Waals surface area contributed by atoms with Gasteiger partial charge >= 0.3 is 6.03 Å². The average Bonchev–Trinajstić information content (AvgIpc) is 2.36. The second kappa shape index (κ2) is 7.54. The van der Waals surface area contributed by atoms with Crippen molar-refractivity contribution in [3.8, 4) is 0 Å². The van der Waals surface area contributed by atoms with Gasteiger partial charge in [-0.1, -0.05) is 6.92 Å². The van der Waals surface area contributed by atoms with Gasteiger partial charge < -0.3 is 15.0 Å². The van der Waals surface area contributed by atoms with E-state index in [0.29, 0.717) is 5.92 Å². The van der Waals surface area contributed by atoms with Crippen LogP contribution < -0.4 is 5.32 Å². The van der Waals surface area contributed by atoms with Crippen LogP contribution in [-0.2, 0) is 4.74 Å². The van der Waals surface area contributed by atoms with Gasteiger partial charge in [0.05, 0.1) is 6.61 Å². The van der Waals surface area contributed by atoms with Crippen LogP contribution in [0.15, 0.2) is 0 Å². The normalized spacial score (nSPS) is 22.3. The van der Waals surface area contributed by atoms with Crippen LogP contribution in [0.25, 0.3) is 0 Å². The summed E-state index contributed by atoms with van der Waals surface area (Å²) in [4.78, 5) is 13.9. The molecule has 1 fully saturated rings. The summed E-state index contributed by atoms with van der Waals surface area (Å²) in [6.07, 6.45) is 3.24. The summed E-state index contributed by atoms with van der Waals surface area (Å²) in [6.45, 7) is 9.39. The third kappa shape index (κ3) is 4.94. The van der Waals surface area contributed by atoms with Crippen LogP contribution in [0.1, 0.15) is 40.0 Å². The smallest absolute Gasteiger partial charge is 0.317 e. The molecule has 4 nitrogen and oxygen atoms in total. The molecular weight excluding hydrogens is 216 g/mol. The van der Waals surface area contributed by atoms with Gasteiger partial charge in [0.25, 0.3) is 0 Å². The van der Waals surface area contributed by atoms with E-state index in [1.54, 1.807) is 0 Å². The number of amides is 2. The Morgan fingerprint density at radius 1 is 1.53 bits per heavy atom. The van der Waals surface area contributed by atoms with E-state index in [2.05, 4.69) is 12.2 Å². The zero-order chi connectivity index (χ0) is 12.7. The average molecular weight is 242 g/mol. The molecule has 0 radical (unpaired) electrons. The van der Waals surface area contributed by atoms with Crippen LogP contribution in [0, 0.1) is 5.92 Å². The minimum Gasteiger partial charge on any atom is -0.381 e. The fourth-order valence-corrected chi connectivity index (χ4v) is 2.07. The lowest BCUT2D eigenvalue weighted by Crippen LogP contribution is -2.48. The van der Waals surface area contributed by atoms with Crippen molar-refractivity contribution in [3.63, 3.8) is 0 Å². The Bertz CT molecular complexity index is 233. The molecule has 2 atom stereocenters. The van der Waals surface area contributed by atoms with Crippen molar-refractivity contribution in [3.05, 3.63) is 0 Å². The quantitative estimate of drug-likeness (QED) is 0.803. The Balaban J connectivity index is 2.35. The van der Waals surface area contributed by atoms with Crippen molar-refractivity contribution in [2.75, 3.05) is 26.3 Å². The first kappa shape index (κ1) is 14.3. The highest BCUT2D eigenvalue weighted by atomic mass is 16.5. The minimum absolute atomic E-state index is 0.0838. The number of hydrogen-bond acceptors (Lipinski definition) is 2. The van der Waals surface area contributed by atoms with Crippen LogP contribution in [0.4, 0.5) is 4.79 Å². The number of piperidine rings is 1. The molecule has 2 amide bonds. The number of nitrogens with zero attached hydrogens (tertiary/aromatic N) is 1. The van der Waals surface area contributed by atoms with Gasteiger partial charge in [-0.2, -0.15) is 0 Å². The molecule has 0 aromatic rings. The van der Waals surface area contributed by atoms with Crippen molar-refractivity contribution in [2.24, 2.45) is 5.92 Å². The van der Waals surface area contributed by atoms with Gasteiger partial charge in [-0.05, 0) is 33.1 Å². The lowest BCUT2D eigenvalue weighted by Gasteiger charge is -2.33. The monoisotopic (exact) mass is 242 g/mol. The second-order valence-corrected chi connectivity index (χ2v) is 4.87. The van der Waals surface area contributed by atoms with E-state index in [1.165, 1.54) is 6.42 Å². The number of rotatable bonds is 5. The van der Waals surface area contributed by atoms with Crippen molar-refractivity contribution in [2.45, 2.75) is 46.1 Å². The first-order chi connectivity index (χ1) is 8.17. The molecule has 1 aliphatic rings. The van der Waals surface area contributed by atoms with Crippen molar-refractivity contribution in [1.82, 2.24) is 10.2 Å². The summed E-state index contributed by atoms with van der Waals surface area (Å²) in [7, 11) is 0. The molecule has 0 bridgehead atoms. The summed E-state index contributed by atoms with van der Waals surface area (Å²) in [5.74, 6) is 0.506. The summed E-state index contributed by atoms with van der Waals surface area (Å²) in [5, 5.41) is 3.02. The predicted octanol–water partition coefficient (Wildman–Crippen LogP) is 2.24. The highest BCUT2D eigenvalue weighted by Crippen LogP contribution is 2.16. The van der Waals surface area contributed by atoms with Crippen LogP contribution in [0.3, 0.4) is 0 Å². The van der Waals surface area contributed by atoms with E-state index in [1.807, 2.05) is 18.7 Å². The van der Waals surface area contributed by atoms with Crippen molar-refractivity contribution >= 4 is 6.03 Å². The lowest BCUT2D eigenvalue weighted by atomic mass is 9.99. The van der Waals surface area contributed by atoms with Gasteiger partial charge in [0.15, 0.2) is 0 Å². The van der Waals surface area contributed by atoms with Crippen molar-refractivity contribution in [1.29, 1.82) is 0 Å². The molecule has 17 heavy (non-hydrogen) atoms. The maximum absolute atomic E-state index is 12.0. The zero-order valence-electron chi connectivity index (χ0n) is 11.4. The predicted molar refractivity (Wildman–Crippen MR) is 69.1 cm³/mol. The van der Waals surface area contributed by atoms with E-state index in [9.17, 15) is 4.79 Å². The molecule has 1 heterocycles. The van der Waals surface area contributed by atoms with Crippen LogP contribution in [0.2, 0.25) is 0 Å². The first-order valence-corrected chi connectivity index (χ1v) is 6.80. The van der Waals surface area contributed by atoms with Crippen LogP contribution >= 0.6 is 0 Å². The number of urea groups is 1. The van der Waals surface area contributed by atoms with Crippen molar-refractivity contribution < 1.29 is 9.53 Å². The second-order valence-electron chi connectivity index (χ2n) is 4.87. The number of nitrogens with one attached hydrogen (secondary N) is 1. The lowest BCUT2D eigenvalue weighted by molar-refractivity contribution is 0.0752. The molecule has 2 unspecified atom stereocenters. The topological polar surface area (TPSA) is 41.6 Å². The summed E-state index contributed by atoms with van der Waals surface area (Å²) >= 11 is 0. The third-order valence-corrected chi connectivity index (χ3v) is 3.35. The third-order valence-electron chi connectivity index (χ3n) is 3.35. The zero-order valence-corrected chi connectivity index (χ0v) is 11.4. The van der Waals surface area contributed by atoms with Gasteiger partial charge in [0, 0.05) is 31.7 Å². The Morgan fingerprint density at radius 2 is 2.29 bits per heavy atom. The summed E-state index contributed by atoms with van der Waals surface area (Å²) < 4.78 is 5.44. The van der Waals surface area contributed by atoms with Gasteiger partial charge in [-0.15, -0.1) is 0 Å². The minimum atomic E-state index is 0.0838. The molecule has 0 aliphatic carbocycles. The van der Waals surface area contributed by atoms with Crippen LogP contribution in [0.5, 0.6) is 0 Å². The molecule has 0 saturated carbocycles. The summed E-state index contributed by atoms with van der Waals surface area (Å²) in [6, 6.07) is 0.343. The van der Waals surface area contributed by atoms with Gasteiger partial charge in [0.2, 0.25) is 0 Å².